The molecule has 1 fully saturated rings. The van der Waals surface area contributed by atoms with Crippen LogP contribution < -0.4 is 5.32 Å². The number of carbonyl (C=O) groups excluding carboxylic acids is 1. The van der Waals surface area contributed by atoms with Crippen LogP contribution in [0, 0.1) is 19.3 Å². The number of carbonyl (C=O) groups is 1. The Labute approximate surface area is 119 Å². The van der Waals surface area contributed by atoms with Gasteiger partial charge in [-0.3, -0.25) is 0 Å². The van der Waals surface area contributed by atoms with E-state index in [1.165, 1.54) is 0 Å². The first-order valence-corrected chi connectivity index (χ1v) is 6.04. The Morgan fingerprint density at radius 1 is 1.32 bits per heavy atom. The van der Waals surface area contributed by atoms with Gasteiger partial charge in [0.15, 0.2) is 0 Å². The fraction of sp³-hybridized carbons (Fsp3) is 0.500. The number of alkyl carbamates (subject to hydrolysis) is 1. The van der Waals surface area contributed by atoms with Gasteiger partial charge in [-0.25, -0.2) is 4.79 Å². The lowest BCUT2D eigenvalue weighted by Crippen LogP contribution is -2.46. The summed E-state index contributed by atoms with van der Waals surface area (Å²) in [5, 5.41) is 12.7. The van der Waals surface area contributed by atoms with E-state index in [0.29, 0.717) is 12.4 Å². The van der Waals surface area contributed by atoms with Gasteiger partial charge in [-0.05, 0) is 30.5 Å². The fourth-order valence-corrected chi connectivity index (χ4v) is 2.38. The first-order chi connectivity index (χ1) is 8.31. The van der Waals surface area contributed by atoms with Gasteiger partial charge in [0.25, 0.3) is 0 Å². The summed E-state index contributed by atoms with van der Waals surface area (Å²) < 4.78 is 5.03. The van der Waals surface area contributed by atoms with E-state index < -0.39 is 0 Å². The van der Waals surface area contributed by atoms with Crippen molar-refractivity contribution < 1.29 is 14.6 Å². The molecule has 1 saturated heterocycles. The second kappa shape index (κ2) is 5.29. The van der Waals surface area contributed by atoms with E-state index in [4.69, 9.17) is 4.74 Å². The SMILES string of the molecule is Cc1cc([C@@H]2NC(=O)OCC2(C)C)cc(C)c1O.Cl. The van der Waals surface area contributed by atoms with Crippen LogP contribution in [0.15, 0.2) is 12.1 Å². The zero-order valence-corrected chi connectivity index (χ0v) is 12.4. The Balaban J connectivity index is 0.00000180. The number of benzene rings is 1. The molecule has 1 aromatic carbocycles. The summed E-state index contributed by atoms with van der Waals surface area (Å²) >= 11 is 0. The molecule has 106 valence electrons. The van der Waals surface area contributed by atoms with Gasteiger partial charge >= 0.3 is 6.09 Å². The number of rotatable bonds is 1. The standard InChI is InChI=1S/C14H19NO3.ClH/c1-8-5-10(6-9(2)11(8)16)12-14(3,4)7-18-13(17)15-12;/h5-6,12,16H,7H2,1-4H3,(H,15,17);1H/t12-;/m0./s1. The summed E-state index contributed by atoms with van der Waals surface area (Å²) in [5.74, 6) is 0.315. The summed E-state index contributed by atoms with van der Waals surface area (Å²) in [4.78, 5) is 11.4. The molecule has 4 nitrogen and oxygen atoms in total. The quantitative estimate of drug-likeness (QED) is 0.833. The van der Waals surface area contributed by atoms with Crippen LogP contribution in [-0.4, -0.2) is 17.8 Å². The molecule has 0 bridgehead atoms. The van der Waals surface area contributed by atoms with Crippen LogP contribution in [0.5, 0.6) is 5.75 Å². The highest BCUT2D eigenvalue weighted by atomic mass is 35.5. The first kappa shape index (κ1) is 15.6. The molecule has 1 heterocycles. The molecule has 0 aromatic heterocycles. The van der Waals surface area contributed by atoms with Crippen molar-refractivity contribution in [2.45, 2.75) is 33.7 Å². The molecule has 0 aliphatic carbocycles. The number of ether oxygens (including phenoxy) is 1. The average Bonchev–Trinajstić information content (AvgIpc) is 2.28. The van der Waals surface area contributed by atoms with Crippen LogP contribution >= 0.6 is 12.4 Å². The van der Waals surface area contributed by atoms with E-state index in [0.717, 1.165) is 16.7 Å². The first-order valence-electron chi connectivity index (χ1n) is 6.04. The van der Waals surface area contributed by atoms with E-state index in [1.54, 1.807) is 0 Å². The number of phenolic OH excluding ortho intramolecular Hbond substituents is 1. The minimum Gasteiger partial charge on any atom is -0.507 e. The molecule has 1 aliphatic heterocycles. The maximum atomic E-state index is 11.4. The Kier molecular flexibility index (Phi) is 4.35. The third-order valence-electron chi connectivity index (χ3n) is 3.47. The predicted molar refractivity (Wildman–Crippen MR) is 75.8 cm³/mol. The van der Waals surface area contributed by atoms with Crippen LogP contribution in [-0.2, 0) is 4.74 Å². The molecule has 1 atom stereocenters. The molecule has 0 unspecified atom stereocenters. The molecule has 1 aliphatic rings. The van der Waals surface area contributed by atoms with E-state index in [2.05, 4.69) is 19.2 Å². The van der Waals surface area contributed by atoms with Gasteiger partial charge in [0.1, 0.15) is 12.4 Å². The summed E-state index contributed by atoms with van der Waals surface area (Å²) in [7, 11) is 0. The van der Waals surface area contributed by atoms with Crippen molar-refractivity contribution in [2.75, 3.05) is 6.61 Å². The van der Waals surface area contributed by atoms with E-state index in [-0.39, 0.29) is 30.0 Å². The monoisotopic (exact) mass is 285 g/mol. The number of hydrogen-bond donors (Lipinski definition) is 2. The lowest BCUT2D eigenvalue weighted by molar-refractivity contribution is 0.0387. The van der Waals surface area contributed by atoms with Crippen LogP contribution in [0.2, 0.25) is 0 Å². The van der Waals surface area contributed by atoms with Crippen molar-refractivity contribution in [3.63, 3.8) is 0 Å². The number of cyclic esters (lactones) is 1. The van der Waals surface area contributed by atoms with Gasteiger partial charge in [0.05, 0.1) is 6.04 Å². The third-order valence-corrected chi connectivity index (χ3v) is 3.47. The molecule has 1 amide bonds. The topological polar surface area (TPSA) is 58.6 Å². The van der Waals surface area contributed by atoms with Gasteiger partial charge in [-0.2, -0.15) is 0 Å². The third kappa shape index (κ3) is 2.95. The summed E-state index contributed by atoms with van der Waals surface area (Å²) in [6.45, 7) is 8.21. The Bertz CT molecular complexity index is 476. The number of halogens is 1. The molecular formula is C14H20ClNO3. The lowest BCUT2D eigenvalue weighted by Gasteiger charge is -2.38. The molecule has 0 spiro atoms. The predicted octanol–water partition coefficient (Wildman–Crippen LogP) is 3.24. The number of nitrogens with one attached hydrogen (secondary N) is 1. The maximum Gasteiger partial charge on any atom is 0.407 e. The zero-order chi connectivity index (χ0) is 13.5. The highest BCUT2D eigenvalue weighted by molar-refractivity contribution is 5.85. The van der Waals surface area contributed by atoms with Crippen LogP contribution in [0.4, 0.5) is 4.79 Å². The van der Waals surface area contributed by atoms with Gasteiger partial charge in [0, 0.05) is 5.41 Å². The minimum atomic E-state index is -0.386. The summed E-state index contributed by atoms with van der Waals surface area (Å²) in [6, 6.07) is 3.73. The molecule has 19 heavy (non-hydrogen) atoms. The van der Waals surface area contributed by atoms with E-state index in [1.807, 2.05) is 26.0 Å². The zero-order valence-electron chi connectivity index (χ0n) is 11.6. The second-order valence-electron chi connectivity index (χ2n) is 5.65. The molecule has 1 aromatic rings. The van der Waals surface area contributed by atoms with Crippen molar-refractivity contribution in [3.8, 4) is 5.75 Å². The summed E-state index contributed by atoms with van der Waals surface area (Å²) in [6.07, 6.45) is -0.386. The van der Waals surface area contributed by atoms with Crippen LogP contribution in [0.25, 0.3) is 0 Å². The molecule has 0 radical (unpaired) electrons. The number of hydrogen-bond acceptors (Lipinski definition) is 3. The second-order valence-corrected chi connectivity index (χ2v) is 5.65. The van der Waals surface area contributed by atoms with Crippen molar-refractivity contribution in [1.82, 2.24) is 5.32 Å². The number of aromatic hydroxyl groups is 1. The largest absolute Gasteiger partial charge is 0.507 e. The van der Waals surface area contributed by atoms with E-state index in [9.17, 15) is 9.90 Å². The van der Waals surface area contributed by atoms with Gasteiger partial charge in [-0.1, -0.05) is 26.0 Å². The van der Waals surface area contributed by atoms with Gasteiger partial charge in [0.2, 0.25) is 0 Å². The van der Waals surface area contributed by atoms with Crippen LogP contribution in [0.3, 0.4) is 0 Å². The van der Waals surface area contributed by atoms with E-state index >= 15 is 0 Å². The summed E-state index contributed by atoms with van der Waals surface area (Å²) in [5.41, 5.74) is 2.47. The number of aryl methyl sites for hydroxylation is 2. The minimum absolute atomic E-state index is 0. The Morgan fingerprint density at radius 2 is 1.84 bits per heavy atom. The van der Waals surface area contributed by atoms with Crippen LogP contribution in [0.1, 0.15) is 36.6 Å². The Morgan fingerprint density at radius 3 is 2.37 bits per heavy atom. The lowest BCUT2D eigenvalue weighted by atomic mass is 9.79. The molecular weight excluding hydrogens is 266 g/mol. The van der Waals surface area contributed by atoms with Crippen molar-refractivity contribution in [3.05, 3.63) is 28.8 Å². The fourth-order valence-electron chi connectivity index (χ4n) is 2.38. The molecule has 2 rings (SSSR count). The number of phenols is 1. The smallest absolute Gasteiger partial charge is 0.407 e. The Hall–Kier alpha value is -1.42. The average molecular weight is 286 g/mol. The van der Waals surface area contributed by atoms with Crippen molar-refractivity contribution in [2.24, 2.45) is 5.41 Å². The van der Waals surface area contributed by atoms with Gasteiger partial charge < -0.3 is 15.2 Å². The maximum absolute atomic E-state index is 11.4. The highest BCUT2D eigenvalue weighted by Gasteiger charge is 2.38. The molecule has 5 heteroatoms. The van der Waals surface area contributed by atoms with Crippen molar-refractivity contribution >= 4 is 18.5 Å². The highest BCUT2D eigenvalue weighted by Crippen LogP contribution is 2.38. The number of amides is 1. The normalized spacial score (nSPS) is 21.1. The molecule has 2 N–H and O–H groups in total. The van der Waals surface area contributed by atoms with Crippen molar-refractivity contribution in [1.29, 1.82) is 0 Å². The molecule has 0 saturated carbocycles. The van der Waals surface area contributed by atoms with Gasteiger partial charge in [-0.15, -0.1) is 12.4 Å².